The van der Waals surface area contributed by atoms with Gasteiger partial charge in [-0.3, -0.25) is 9.36 Å². The van der Waals surface area contributed by atoms with E-state index in [0.29, 0.717) is 23.7 Å². The second-order valence-corrected chi connectivity index (χ2v) is 7.98. The molecule has 6 nitrogen and oxygen atoms in total. The molecule has 148 valence electrons. The van der Waals surface area contributed by atoms with Gasteiger partial charge in [-0.15, -0.1) is 0 Å². The number of pyridine rings is 1. The van der Waals surface area contributed by atoms with Crippen molar-refractivity contribution in [2.75, 3.05) is 5.73 Å². The molecule has 6 heteroatoms. The molecule has 2 N–H and O–H groups in total. The predicted molar refractivity (Wildman–Crippen MR) is 116 cm³/mol. The summed E-state index contributed by atoms with van der Waals surface area (Å²) in [6.07, 6.45) is 7.55. The summed E-state index contributed by atoms with van der Waals surface area (Å²) in [6, 6.07) is 11.8. The van der Waals surface area contributed by atoms with Crippen LogP contribution in [0.5, 0.6) is 0 Å². The standard InChI is InChI=1S/C23H25N5O/c1-2-11-27-22-13-19(15-5-3-4-6-15)26-28(22)20-12-16(7-9-18(20)23(27)29)17-8-10-21(24)25-14-17/h7-10,12-15H,2-6,11H2,1H3,(H2,24,25). The number of hydrogen-bond donors (Lipinski definition) is 1. The van der Waals surface area contributed by atoms with Crippen LogP contribution in [-0.2, 0) is 6.54 Å². The lowest BCUT2D eigenvalue weighted by molar-refractivity contribution is 0.662. The van der Waals surface area contributed by atoms with Crippen LogP contribution in [0.2, 0.25) is 0 Å². The van der Waals surface area contributed by atoms with Gasteiger partial charge in [-0.05, 0) is 49.1 Å². The summed E-state index contributed by atoms with van der Waals surface area (Å²) in [7, 11) is 0. The topological polar surface area (TPSA) is 78.2 Å². The number of benzene rings is 1. The predicted octanol–water partition coefficient (Wildman–Crippen LogP) is 4.36. The molecule has 0 spiro atoms. The van der Waals surface area contributed by atoms with Crippen molar-refractivity contribution in [3.8, 4) is 11.1 Å². The fraction of sp³-hybridized carbons (Fsp3) is 0.348. The van der Waals surface area contributed by atoms with Crippen LogP contribution in [0.1, 0.15) is 50.6 Å². The Hall–Kier alpha value is -3.15. The minimum absolute atomic E-state index is 0.0502. The Morgan fingerprint density at radius 3 is 2.62 bits per heavy atom. The van der Waals surface area contributed by atoms with E-state index in [9.17, 15) is 4.79 Å². The normalized spacial score (nSPS) is 14.9. The molecule has 0 atom stereocenters. The van der Waals surface area contributed by atoms with Gasteiger partial charge in [-0.2, -0.15) is 5.10 Å². The number of aromatic nitrogens is 4. The van der Waals surface area contributed by atoms with Crippen LogP contribution in [0.4, 0.5) is 5.82 Å². The van der Waals surface area contributed by atoms with Gasteiger partial charge in [0.05, 0.1) is 16.6 Å². The molecule has 3 heterocycles. The van der Waals surface area contributed by atoms with E-state index in [2.05, 4.69) is 18.0 Å². The van der Waals surface area contributed by atoms with E-state index in [0.717, 1.165) is 34.4 Å². The van der Waals surface area contributed by atoms with Crippen molar-refractivity contribution in [2.45, 2.75) is 51.5 Å². The van der Waals surface area contributed by atoms with E-state index in [4.69, 9.17) is 10.8 Å². The first-order valence-corrected chi connectivity index (χ1v) is 10.4. The van der Waals surface area contributed by atoms with Crippen molar-refractivity contribution < 1.29 is 0 Å². The lowest BCUT2D eigenvalue weighted by atomic mass is 10.0. The Labute approximate surface area is 169 Å². The highest BCUT2D eigenvalue weighted by molar-refractivity contribution is 5.85. The van der Waals surface area contributed by atoms with E-state index >= 15 is 0 Å². The molecule has 1 aliphatic rings. The smallest absolute Gasteiger partial charge is 0.261 e. The summed E-state index contributed by atoms with van der Waals surface area (Å²) in [6.45, 7) is 2.79. The summed E-state index contributed by atoms with van der Waals surface area (Å²) in [5, 5.41) is 5.67. The maximum atomic E-state index is 13.2. The summed E-state index contributed by atoms with van der Waals surface area (Å²) in [5.41, 5.74) is 10.6. The highest BCUT2D eigenvalue weighted by Gasteiger charge is 2.22. The van der Waals surface area contributed by atoms with Gasteiger partial charge in [0.1, 0.15) is 11.5 Å². The summed E-state index contributed by atoms with van der Waals surface area (Å²) < 4.78 is 3.84. The maximum Gasteiger partial charge on any atom is 0.261 e. The second kappa shape index (κ2) is 7.03. The first kappa shape index (κ1) is 17.9. The van der Waals surface area contributed by atoms with Gasteiger partial charge >= 0.3 is 0 Å². The molecule has 1 aromatic carbocycles. The highest BCUT2D eigenvalue weighted by Crippen LogP contribution is 2.34. The molecule has 3 aromatic heterocycles. The van der Waals surface area contributed by atoms with E-state index in [1.165, 1.54) is 25.7 Å². The van der Waals surface area contributed by atoms with Gasteiger partial charge in [-0.1, -0.05) is 25.8 Å². The van der Waals surface area contributed by atoms with Crippen LogP contribution >= 0.6 is 0 Å². The van der Waals surface area contributed by atoms with Crippen molar-refractivity contribution in [1.82, 2.24) is 19.2 Å². The summed E-state index contributed by atoms with van der Waals surface area (Å²) in [5.74, 6) is 0.993. The van der Waals surface area contributed by atoms with Crippen LogP contribution in [0.3, 0.4) is 0 Å². The molecule has 0 aliphatic heterocycles. The number of anilines is 1. The molecule has 0 saturated heterocycles. The fourth-order valence-electron chi connectivity index (χ4n) is 4.51. The molecule has 1 aliphatic carbocycles. The van der Waals surface area contributed by atoms with E-state index in [-0.39, 0.29) is 5.56 Å². The van der Waals surface area contributed by atoms with Crippen LogP contribution in [0.15, 0.2) is 47.4 Å². The molecule has 1 fully saturated rings. The zero-order chi connectivity index (χ0) is 20.0. The number of nitrogen functional groups attached to an aromatic ring is 1. The molecule has 0 bridgehead atoms. The molecule has 0 unspecified atom stereocenters. The van der Waals surface area contributed by atoms with Gasteiger partial charge in [0, 0.05) is 30.3 Å². The third-order valence-electron chi connectivity index (χ3n) is 6.03. The number of rotatable bonds is 4. The third-order valence-corrected chi connectivity index (χ3v) is 6.03. The van der Waals surface area contributed by atoms with E-state index < -0.39 is 0 Å². The molecule has 0 radical (unpaired) electrons. The Kier molecular flexibility index (Phi) is 4.34. The third kappa shape index (κ3) is 2.99. The number of hydrogen-bond acceptors (Lipinski definition) is 4. The lowest BCUT2D eigenvalue weighted by Gasteiger charge is -2.11. The average molecular weight is 387 g/mol. The number of fused-ring (bicyclic) bond motifs is 3. The van der Waals surface area contributed by atoms with Crippen LogP contribution in [0, 0.1) is 0 Å². The van der Waals surface area contributed by atoms with Crippen LogP contribution in [0.25, 0.3) is 27.7 Å². The first-order chi connectivity index (χ1) is 14.2. The van der Waals surface area contributed by atoms with Gasteiger partial charge < -0.3 is 5.73 Å². The molecule has 0 amide bonds. The molecule has 5 rings (SSSR count). The number of nitrogens with zero attached hydrogens (tertiary/aromatic N) is 4. The molecular formula is C23H25N5O. The highest BCUT2D eigenvalue weighted by atomic mass is 16.1. The molecule has 4 aromatic rings. The summed E-state index contributed by atoms with van der Waals surface area (Å²) in [4.78, 5) is 17.4. The molecular weight excluding hydrogens is 362 g/mol. The first-order valence-electron chi connectivity index (χ1n) is 10.4. The average Bonchev–Trinajstić information content (AvgIpc) is 3.41. The minimum Gasteiger partial charge on any atom is -0.384 e. The van der Waals surface area contributed by atoms with Crippen molar-refractivity contribution >= 4 is 22.4 Å². The lowest BCUT2D eigenvalue weighted by Crippen LogP contribution is -2.22. The van der Waals surface area contributed by atoms with Crippen molar-refractivity contribution in [3.05, 3.63) is 58.6 Å². The SMILES string of the molecule is CCCn1c(=O)c2ccc(-c3ccc(N)nc3)cc2n2nc(C3CCCC3)cc12. The van der Waals surface area contributed by atoms with Gasteiger partial charge in [-0.25, -0.2) is 9.50 Å². The van der Waals surface area contributed by atoms with E-state index in [1.54, 1.807) is 12.3 Å². The molecule has 1 saturated carbocycles. The molecule has 29 heavy (non-hydrogen) atoms. The quantitative estimate of drug-likeness (QED) is 0.564. The summed E-state index contributed by atoms with van der Waals surface area (Å²) >= 11 is 0. The number of aryl methyl sites for hydroxylation is 1. The number of nitrogens with two attached hydrogens (primary N) is 1. The zero-order valence-corrected chi connectivity index (χ0v) is 16.6. The Morgan fingerprint density at radius 2 is 1.90 bits per heavy atom. The largest absolute Gasteiger partial charge is 0.384 e. The second-order valence-electron chi connectivity index (χ2n) is 7.98. The monoisotopic (exact) mass is 387 g/mol. The van der Waals surface area contributed by atoms with E-state index in [1.807, 2.05) is 33.3 Å². The maximum absolute atomic E-state index is 13.2. The van der Waals surface area contributed by atoms with Crippen molar-refractivity contribution in [2.24, 2.45) is 0 Å². The Morgan fingerprint density at radius 1 is 1.10 bits per heavy atom. The van der Waals surface area contributed by atoms with Crippen LogP contribution < -0.4 is 11.3 Å². The fourth-order valence-corrected chi connectivity index (χ4v) is 4.51. The zero-order valence-electron chi connectivity index (χ0n) is 16.6. The van der Waals surface area contributed by atoms with Gasteiger partial charge in [0.25, 0.3) is 5.56 Å². The van der Waals surface area contributed by atoms with Crippen molar-refractivity contribution in [1.29, 1.82) is 0 Å². The van der Waals surface area contributed by atoms with Crippen molar-refractivity contribution in [3.63, 3.8) is 0 Å². The Bertz CT molecular complexity index is 1250. The Balaban J connectivity index is 1.77. The van der Waals surface area contributed by atoms with Gasteiger partial charge in [0.15, 0.2) is 0 Å². The minimum atomic E-state index is 0.0502. The van der Waals surface area contributed by atoms with Gasteiger partial charge in [0.2, 0.25) is 0 Å². The van der Waals surface area contributed by atoms with Crippen LogP contribution in [-0.4, -0.2) is 19.2 Å².